The van der Waals surface area contributed by atoms with Crippen LogP contribution < -0.4 is 4.74 Å². The van der Waals surface area contributed by atoms with E-state index in [1.54, 1.807) is 14.2 Å². The highest BCUT2D eigenvalue weighted by atomic mass is 16.6. The summed E-state index contributed by atoms with van der Waals surface area (Å²) in [5.41, 5.74) is 3.03. The molecule has 0 atom stereocenters. The van der Waals surface area contributed by atoms with Crippen molar-refractivity contribution in [3.8, 4) is 5.75 Å². The van der Waals surface area contributed by atoms with Crippen molar-refractivity contribution in [2.24, 2.45) is 0 Å². The molecule has 0 bridgehead atoms. The van der Waals surface area contributed by atoms with Gasteiger partial charge in [0.05, 0.1) is 13.2 Å². The van der Waals surface area contributed by atoms with Crippen molar-refractivity contribution in [2.45, 2.75) is 18.9 Å². The second kappa shape index (κ2) is 5.12. The van der Waals surface area contributed by atoms with Gasteiger partial charge in [-0.2, -0.15) is 0 Å². The molecule has 1 aliphatic rings. The lowest BCUT2D eigenvalue weighted by Gasteiger charge is -2.26. The highest BCUT2D eigenvalue weighted by molar-refractivity contribution is 5.63. The predicted octanol–water partition coefficient (Wildman–Crippen LogP) is 2.69. The van der Waals surface area contributed by atoms with Gasteiger partial charge in [-0.3, -0.25) is 0 Å². The maximum atomic E-state index is 6.03. The highest BCUT2D eigenvalue weighted by Gasteiger charge is 2.39. The van der Waals surface area contributed by atoms with Crippen molar-refractivity contribution in [2.75, 3.05) is 27.4 Å². The number of hydrogen-bond acceptors (Lipinski definition) is 3. The van der Waals surface area contributed by atoms with Gasteiger partial charge in [-0.05, 0) is 30.2 Å². The van der Waals surface area contributed by atoms with Gasteiger partial charge in [0.1, 0.15) is 5.75 Å². The Morgan fingerprint density at radius 2 is 2.00 bits per heavy atom. The van der Waals surface area contributed by atoms with Crippen LogP contribution >= 0.6 is 0 Å². The zero-order valence-electron chi connectivity index (χ0n) is 11.3. The normalized spacial score (nSPS) is 16.2. The van der Waals surface area contributed by atoms with Crippen molar-refractivity contribution in [1.29, 1.82) is 0 Å². The fourth-order valence-corrected chi connectivity index (χ4v) is 2.43. The first kappa shape index (κ1) is 13.1. The van der Waals surface area contributed by atoms with Crippen LogP contribution in [-0.2, 0) is 15.9 Å². The van der Waals surface area contributed by atoms with Crippen LogP contribution in [0.1, 0.15) is 18.1 Å². The topological polar surface area (TPSA) is 27.7 Å². The molecule has 0 unspecified atom stereocenters. The molecule has 1 aromatic rings. The van der Waals surface area contributed by atoms with Crippen molar-refractivity contribution >= 4 is 5.57 Å². The summed E-state index contributed by atoms with van der Waals surface area (Å²) in [6.45, 7) is 7.03. The van der Waals surface area contributed by atoms with Gasteiger partial charge < -0.3 is 14.2 Å². The quantitative estimate of drug-likeness (QED) is 0.802. The number of ether oxygens (including phenoxy) is 3. The van der Waals surface area contributed by atoms with E-state index in [4.69, 9.17) is 14.2 Å². The molecular formula is C15H20O3. The van der Waals surface area contributed by atoms with Crippen molar-refractivity contribution < 1.29 is 14.2 Å². The molecule has 0 radical (unpaired) electrons. The minimum Gasteiger partial charge on any atom is -0.482 e. The van der Waals surface area contributed by atoms with Crippen LogP contribution in [0.5, 0.6) is 5.75 Å². The van der Waals surface area contributed by atoms with E-state index in [0.717, 1.165) is 23.3 Å². The van der Waals surface area contributed by atoms with Crippen LogP contribution in [0.15, 0.2) is 24.8 Å². The second-order valence-electron chi connectivity index (χ2n) is 4.93. The van der Waals surface area contributed by atoms with Crippen molar-refractivity contribution in [3.05, 3.63) is 35.9 Å². The van der Waals surface area contributed by atoms with Crippen molar-refractivity contribution in [3.63, 3.8) is 0 Å². The van der Waals surface area contributed by atoms with Gasteiger partial charge in [-0.25, -0.2) is 0 Å². The predicted molar refractivity (Wildman–Crippen MR) is 72.0 cm³/mol. The highest BCUT2D eigenvalue weighted by Crippen LogP contribution is 2.37. The lowest BCUT2D eigenvalue weighted by atomic mass is 9.96. The molecule has 1 aliphatic heterocycles. The van der Waals surface area contributed by atoms with E-state index in [-0.39, 0.29) is 5.60 Å². The van der Waals surface area contributed by atoms with Crippen molar-refractivity contribution in [1.82, 2.24) is 0 Å². The first-order valence-electron chi connectivity index (χ1n) is 6.06. The number of allylic oxidation sites excluding steroid dienone is 1. The molecule has 18 heavy (non-hydrogen) atoms. The van der Waals surface area contributed by atoms with Gasteiger partial charge in [0.15, 0.2) is 5.60 Å². The van der Waals surface area contributed by atoms with E-state index in [2.05, 4.69) is 12.6 Å². The fraction of sp³-hybridized carbons (Fsp3) is 0.467. The largest absolute Gasteiger partial charge is 0.482 e. The summed E-state index contributed by atoms with van der Waals surface area (Å²) in [5.74, 6) is 0.925. The Balaban J connectivity index is 2.27. The molecule has 0 amide bonds. The Morgan fingerprint density at radius 1 is 1.33 bits per heavy atom. The van der Waals surface area contributed by atoms with E-state index in [1.165, 1.54) is 5.56 Å². The third-order valence-electron chi connectivity index (χ3n) is 3.21. The molecule has 1 heterocycles. The molecule has 0 aromatic heterocycles. The number of hydrogen-bond donors (Lipinski definition) is 0. The molecule has 0 N–H and O–H groups in total. The fourth-order valence-electron chi connectivity index (χ4n) is 2.43. The van der Waals surface area contributed by atoms with Crippen LogP contribution in [0, 0.1) is 0 Å². The summed E-state index contributed by atoms with van der Waals surface area (Å²) in [6.07, 6.45) is 0.811. The van der Waals surface area contributed by atoms with Crippen LogP contribution in [0.25, 0.3) is 5.57 Å². The summed E-state index contributed by atoms with van der Waals surface area (Å²) in [7, 11) is 3.37. The molecule has 3 heteroatoms. The molecule has 2 rings (SSSR count). The minimum absolute atomic E-state index is 0.389. The molecule has 0 saturated heterocycles. The Morgan fingerprint density at radius 3 is 2.56 bits per heavy atom. The Labute approximate surface area is 108 Å². The molecule has 3 nitrogen and oxygen atoms in total. The molecular weight excluding hydrogens is 228 g/mol. The van der Waals surface area contributed by atoms with Gasteiger partial charge >= 0.3 is 0 Å². The summed E-state index contributed by atoms with van der Waals surface area (Å²) >= 11 is 0. The van der Waals surface area contributed by atoms with Crippen LogP contribution in [0.3, 0.4) is 0 Å². The standard InChI is InChI=1S/C15H20O3/c1-11(2)12-5-6-14-13(7-12)8-15(18-14,9-16-3)10-17-4/h5-7H,1,8-10H2,2-4H3. The lowest BCUT2D eigenvalue weighted by Crippen LogP contribution is -2.43. The third-order valence-corrected chi connectivity index (χ3v) is 3.21. The smallest absolute Gasteiger partial charge is 0.159 e. The van der Waals surface area contributed by atoms with Gasteiger partial charge in [-0.1, -0.05) is 18.2 Å². The van der Waals surface area contributed by atoms with Gasteiger partial charge in [-0.15, -0.1) is 0 Å². The van der Waals surface area contributed by atoms with E-state index in [0.29, 0.717) is 13.2 Å². The van der Waals surface area contributed by atoms with Crippen LogP contribution in [0.2, 0.25) is 0 Å². The third kappa shape index (κ3) is 2.42. The minimum atomic E-state index is -0.389. The molecule has 98 valence electrons. The average Bonchev–Trinajstić information content (AvgIpc) is 2.66. The Hall–Kier alpha value is -1.32. The lowest BCUT2D eigenvalue weighted by molar-refractivity contribution is -0.0450. The molecule has 1 aromatic carbocycles. The van der Waals surface area contributed by atoms with Gasteiger partial charge in [0.25, 0.3) is 0 Å². The first-order chi connectivity index (χ1) is 8.60. The molecule has 0 saturated carbocycles. The number of rotatable bonds is 5. The van der Waals surface area contributed by atoms with Gasteiger partial charge in [0, 0.05) is 20.6 Å². The summed E-state index contributed by atoms with van der Waals surface area (Å²) in [4.78, 5) is 0. The van der Waals surface area contributed by atoms with Crippen LogP contribution in [0.4, 0.5) is 0 Å². The zero-order chi connectivity index (χ0) is 13.2. The second-order valence-corrected chi connectivity index (χ2v) is 4.93. The summed E-state index contributed by atoms with van der Waals surface area (Å²) in [5, 5.41) is 0. The maximum absolute atomic E-state index is 6.03. The monoisotopic (exact) mass is 248 g/mol. The summed E-state index contributed by atoms with van der Waals surface area (Å²) in [6, 6.07) is 6.19. The maximum Gasteiger partial charge on any atom is 0.159 e. The SMILES string of the molecule is C=C(C)c1ccc2c(c1)CC(COC)(COC)O2. The first-order valence-corrected chi connectivity index (χ1v) is 6.06. The van der Waals surface area contributed by atoms with E-state index in [1.807, 2.05) is 19.1 Å². The number of benzene rings is 1. The Kier molecular flexibility index (Phi) is 3.73. The summed E-state index contributed by atoms with van der Waals surface area (Å²) < 4.78 is 16.6. The molecule has 0 aliphatic carbocycles. The Bertz CT molecular complexity index is 445. The average molecular weight is 248 g/mol. The number of fused-ring (bicyclic) bond motifs is 1. The zero-order valence-corrected chi connectivity index (χ0v) is 11.3. The van der Waals surface area contributed by atoms with E-state index < -0.39 is 0 Å². The van der Waals surface area contributed by atoms with E-state index >= 15 is 0 Å². The number of methoxy groups -OCH3 is 2. The van der Waals surface area contributed by atoms with Gasteiger partial charge in [0.2, 0.25) is 0 Å². The van der Waals surface area contributed by atoms with Crippen LogP contribution in [-0.4, -0.2) is 33.0 Å². The molecule has 0 spiro atoms. The van der Waals surface area contributed by atoms with E-state index in [9.17, 15) is 0 Å². The molecule has 0 fully saturated rings.